The number of anilines is 1. The molecule has 2 amide bonds. The first-order valence-electron chi connectivity index (χ1n) is 6.34. The predicted molar refractivity (Wildman–Crippen MR) is 71.5 cm³/mol. The van der Waals surface area contributed by atoms with Crippen LogP contribution in [0.2, 0.25) is 0 Å². The van der Waals surface area contributed by atoms with E-state index in [1.54, 1.807) is 12.3 Å². The van der Waals surface area contributed by atoms with Crippen LogP contribution in [0.5, 0.6) is 0 Å². The minimum Gasteiger partial charge on any atom is -0.480 e. The zero-order chi connectivity index (χ0) is 14.6. The average molecular weight is 279 g/mol. The number of nitrogens with one attached hydrogen (secondary N) is 2. The van der Waals surface area contributed by atoms with Crippen molar-refractivity contribution in [3.05, 3.63) is 24.0 Å². The second kappa shape index (κ2) is 5.87. The van der Waals surface area contributed by atoms with Crippen molar-refractivity contribution in [3.63, 3.8) is 0 Å². The lowest BCUT2D eigenvalue weighted by Gasteiger charge is -2.33. The molecule has 108 valence electrons. The monoisotopic (exact) mass is 279 g/mol. The minimum absolute atomic E-state index is 0.252. The summed E-state index contributed by atoms with van der Waals surface area (Å²) in [5, 5.41) is 14.5. The van der Waals surface area contributed by atoms with E-state index in [4.69, 9.17) is 4.74 Å². The maximum absolute atomic E-state index is 11.9. The van der Waals surface area contributed by atoms with Crippen LogP contribution in [0, 0.1) is 6.92 Å². The number of aliphatic carboxylic acids is 1. The highest BCUT2D eigenvalue weighted by Gasteiger charge is 2.41. The Labute approximate surface area is 116 Å². The lowest BCUT2D eigenvalue weighted by atomic mass is 9.90. The molecule has 1 saturated heterocycles. The summed E-state index contributed by atoms with van der Waals surface area (Å²) in [6.45, 7) is 2.49. The van der Waals surface area contributed by atoms with Gasteiger partial charge in [-0.1, -0.05) is 0 Å². The predicted octanol–water partition coefficient (Wildman–Crippen LogP) is 1.15. The van der Waals surface area contributed by atoms with Crippen molar-refractivity contribution in [2.45, 2.75) is 25.3 Å². The van der Waals surface area contributed by atoms with Gasteiger partial charge in [-0.25, -0.2) is 9.59 Å². The van der Waals surface area contributed by atoms with Gasteiger partial charge in [0, 0.05) is 32.3 Å². The van der Waals surface area contributed by atoms with Gasteiger partial charge in [-0.3, -0.25) is 4.98 Å². The smallest absolute Gasteiger partial charge is 0.329 e. The molecule has 0 aliphatic carbocycles. The van der Waals surface area contributed by atoms with Gasteiger partial charge in [0.15, 0.2) is 0 Å². The highest BCUT2D eigenvalue weighted by atomic mass is 16.5. The molecule has 7 heteroatoms. The Morgan fingerprint density at radius 3 is 2.65 bits per heavy atom. The zero-order valence-corrected chi connectivity index (χ0v) is 11.2. The number of carboxylic acids is 1. The Kier molecular flexibility index (Phi) is 4.19. The fourth-order valence-electron chi connectivity index (χ4n) is 2.12. The Balaban J connectivity index is 2.03. The van der Waals surface area contributed by atoms with Gasteiger partial charge in [0.2, 0.25) is 0 Å². The number of carbonyl (C=O) groups excluding carboxylic acids is 1. The molecule has 0 saturated carbocycles. The van der Waals surface area contributed by atoms with Gasteiger partial charge in [0.05, 0.1) is 11.9 Å². The number of amides is 2. The molecule has 0 spiro atoms. The van der Waals surface area contributed by atoms with E-state index in [1.165, 1.54) is 6.20 Å². The van der Waals surface area contributed by atoms with Crippen LogP contribution in [0.15, 0.2) is 18.5 Å². The Hall–Kier alpha value is -2.15. The Morgan fingerprint density at radius 2 is 2.05 bits per heavy atom. The number of aryl methyl sites for hydroxylation is 1. The molecular formula is C13H17N3O4. The fourth-order valence-corrected chi connectivity index (χ4v) is 2.12. The van der Waals surface area contributed by atoms with Crippen LogP contribution in [0.4, 0.5) is 10.5 Å². The first-order chi connectivity index (χ1) is 9.52. The first kappa shape index (κ1) is 14.3. The number of nitrogens with zero attached hydrogens (tertiary/aromatic N) is 1. The zero-order valence-electron chi connectivity index (χ0n) is 11.2. The van der Waals surface area contributed by atoms with Gasteiger partial charge >= 0.3 is 12.0 Å². The van der Waals surface area contributed by atoms with Crippen molar-refractivity contribution in [1.82, 2.24) is 10.3 Å². The third-order valence-corrected chi connectivity index (χ3v) is 3.24. The third kappa shape index (κ3) is 3.24. The number of aromatic nitrogens is 1. The summed E-state index contributed by atoms with van der Waals surface area (Å²) >= 11 is 0. The standard InChI is InChI=1S/C13H17N3O4/c1-9-6-10(8-14-7-9)15-12(19)16-13(11(17)18)2-4-20-5-3-13/h6-8H,2-5H2,1H3,(H,17,18)(H2,15,16,19). The summed E-state index contributed by atoms with van der Waals surface area (Å²) in [4.78, 5) is 27.3. The number of rotatable bonds is 3. The number of ether oxygens (including phenoxy) is 1. The van der Waals surface area contributed by atoms with Crippen LogP contribution in [-0.4, -0.2) is 40.8 Å². The summed E-state index contributed by atoms with van der Waals surface area (Å²) in [5.74, 6) is -1.04. The largest absolute Gasteiger partial charge is 0.480 e. The number of carbonyl (C=O) groups is 2. The van der Waals surface area contributed by atoms with Crippen LogP contribution in [0.25, 0.3) is 0 Å². The van der Waals surface area contributed by atoms with E-state index in [2.05, 4.69) is 15.6 Å². The van der Waals surface area contributed by atoms with Crippen molar-refractivity contribution < 1.29 is 19.4 Å². The van der Waals surface area contributed by atoms with Crippen LogP contribution in [0.3, 0.4) is 0 Å². The summed E-state index contributed by atoms with van der Waals surface area (Å²) in [5.41, 5.74) is 0.163. The molecule has 2 heterocycles. The lowest BCUT2D eigenvalue weighted by Crippen LogP contribution is -2.58. The number of hydrogen-bond donors (Lipinski definition) is 3. The SMILES string of the molecule is Cc1cncc(NC(=O)NC2(C(=O)O)CCOCC2)c1. The van der Waals surface area contributed by atoms with Crippen molar-refractivity contribution >= 4 is 17.7 Å². The van der Waals surface area contributed by atoms with Crippen molar-refractivity contribution in [2.75, 3.05) is 18.5 Å². The van der Waals surface area contributed by atoms with E-state index in [1.807, 2.05) is 6.92 Å². The molecule has 1 aliphatic rings. The minimum atomic E-state index is -1.26. The van der Waals surface area contributed by atoms with Gasteiger partial charge in [-0.2, -0.15) is 0 Å². The van der Waals surface area contributed by atoms with Gasteiger partial charge in [0.1, 0.15) is 5.54 Å². The highest BCUT2D eigenvalue weighted by molar-refractivity contribution is 5.93. The third-order valence-electron chi connectivity index (χ3n) is 3.24. The highest BCUT2D eigenvalue weighted by Crippen LogP contribution is 2.21. The molecule has 1 aromatic rings. The molecule has 0 aromatic carbocycles. The van der Waals surface area contributed by atoms with Crippen molar-refractivity contribution in [1.29, 1.82) is 0 Å². The van der Waals surface area contributed by atoms with Crippen LogP contribution >= 0.6 is 0 Å². The summed E-state index contributed by atoms with van der Waals surface area (Å²) in [6.07, 6.45) is 3.67. The summed E-state index contributed by atoms with van der Waals surface area (Å²) in [7, 11) is 0. The first-order valence-corrected chi connectivity index (χ1v) is 6.34. The molecule has 1 aromatic heterocycles. The van der Waals surface area contributed by atoms with Gasteiger partial charge < -0.3 is 20.5 Å². The molecule has 0 bridgehead atoms. The van der Waals surface area contributed by atoms with E-state index < -0.39 is 17.5 Å². The molecule has 0 unspecified atom stereocenters. The topological polar surface area (TPSA) is 101 Å². The van der Waals surface area contributed by atoms with E-state index in [0.717, 1.165) is 5.56 Å². The van der Waals surface area contributed by atoms with E-state index in [0.29, 0.717) is 18.9 Å². The van der Waals surface area contributed by atoms with Crippen LogP contribution < -0.4 is 10.6 Å². The van der Waals surface area contributed by atoms with Gasteiger partial charge in [-0.05, 0) is 18.6 Å². The maximum Gasteiger partial charge on any atom is 0.329 e. The molecule has 7 nitrogen and oxygen atoms in total. The maximum atomic E-state index is 11.9. The number of urea groups is 1. The normalized spacial score (nSPS) is 17.2. The average Bonchev–Trinajstić information content (AvgIpc) is 2.39. The summed E-state index contributed by atoms with van der Waals surface area (Å²) < 4.78 is 5.15. The van der Waals surface area contributed by atoms with Crippen molar-refractivity contribution in [2.24, 2.45) is 0 Å². The molecule has 1 aliphatic heterocycles. The molecule has 2 rings (SSSR count). The second-order valence-electron chi connectivity index (χ2n) is 4.83. The van der Waals surface area contributed by atoms with Crippen molar-refractivity contribution in [3.8, 4) is 0 Å². The summed E-state index contributed by atoms with van der Waals surface area (Å²) in [6, 6.07) is 1.20. The molecule has 0 radical (unpaired) electrons. The van der Waals surface area contributed by atoms with Crippen LogP contribution in [0.1, 0.15) is 18.4 Å². The van der Waals surface area contributed by atoms with Gasteiger partial charge in [-0.15, -0.1) is 0 Å². The number of pyridine rings is 1. The molecule has 0 atom stereocenters. The second-order valence-corrected chi connectivity index (χ2v) is 4.83. The molecular weight excluding hydrogens is 262 g/mol. The van der Waals surface area contributed by atoms with E-state index >= 15 is 0 Å². The number of carboxylic acid groups (broad SMARTS) is 1. The lowest BCUT2D eigenvalue weighted by molar-refractivity contribution is -0.148. The molecule has 20 heavy (non-hydrogen) atoms. The van der Waals surface area contributed by atoms with E-state index in [9.17, 15) is 14.7 Å². The Bertz CT molecular complexity index is 512. The molecule has 1 fully saturated rings. The molecule has 3 N–H and O–H groups in total. The quantitative estimate of drug-likeness (QED) is 0.770. The van der Waals surface area contributed by atoms with Crippen LogP contribution in [-0.2, 0) is 9.53 Å². The van der Waals surface area contributed by atoms with E-state index in [-0.39, 0.29) is 12.8 Å². The van der Waals surface area contributed by atoms with Gasteiger partial charge in [0.25, 0.3) is 0 Å². The number of hydrogen-bond acceptors (Lipinski definition) is 4. The fraction of sp³-hybridized carbons (Fsp3) is 0.462. The Morgan fingerprint density at radius 1 is 1.35 bits per heavy atom.